The predicted molar refractivity (Wildman–Crippen MR) is 54.4 cm³/mol. The molecule has 1 aromatic heterocycles. The fourth-order valence-electron chi connectivity index (χ4n) is 1.43. The summed E-state index contributed by atoms with van der Waals surface area (Å²) in [6, 6.07) is 2.18. The first kappa shape index (κ1) is 10.3. The van der Waals surface area contributed by atoms with Crippen LogP contribution >= 0.6 is 0 Å². The molecule has 1 atom stereocenters. The van der Waals surface area contributed by atoms with Crippen LogP contribution in [-0.2, 0) is 6.54 Å². The zero-order chi connectivity index (χ0) is 10.0. The van der Waals surface area contributed by atoms with Crippen molar-refractivity contribution < 1.29 is 0 Å². The van der Waals surface area contributed by atoms with Crippen LogP contribution in [0, 0.1) is 12.8 Å². The van der Waals surface area contributed by atoms with Gasteiger partial charge in [0, 0.05) is 12.6 Å². The summed E-state index contributed by atoms with van der Waals surface area (Å²) in [5.74, 6) is 0.460. The van der Waals surface area contributed by atoms with Crippen LogP contribution in [0.25, 0.3) is 0 Å². The second-order valence-electron chi connectivity index (χ2n) is 3.80. The number of rotatable bonds is 3. The Hall–Kier alpha value is -0.830. The molecule has 3 heteroatoms. The van der Waals surface area contributed by atoms with E-state index in [0.717, 1.165) is 17.9 Å². The van der Waals surface area contributed by atoms with E-state index < -0.39 is 0 Å². The quantitative estimate of drug-likeness (QED) is 0.773. The highest BCUT2D eigenvalue weighted by molar-refractivity contribution is 5.13. The molecule has 0 amide bonds. The van der Waals surface area contributed by atoms with Crippen LogP contribution in [-0.4, -0.2) is 9.78 Å². The Kier molecular flexibility index (Phi) is 3.09. The van der Waals surface area contributed by atoms with Gasteiger partial charge in [-0.3, -0.25) is 4.68 Å². The first-order chi connectivity index (χ1) is 6.06. The second kappa shape index (κ2) is 3.92. The van der Waals surface area contributed by atoms with Crippen molar-refractivity contribution in [3.63, 3.8) is 0 Å². The van der Waals surface area contributed by atoms with Gasteiger partial charge in [0.05, 0.1) is 11.4 Å². The van der Waals surface area contributed by atoms with Gasteiger partial charge in [0.15, 0.2) is 0 Å². The van der Waals surface area contributed by atoms with Gasteiger partial charge in [-0.05, 0) is 25.8 Å². The summed E-state index contributed by atoms with van der Waals surface area (Å²) >= 11 is 0. The molecule has 13 heavy (non-hydrogen) atoms. The van der Waals surface area contributed by atoms with Crippen LogP contribution in [0.3, 0.4) is 0 Å². The molecule has 1 heterocycles. The summed E-state index contributed by atoms with van der Waals surface area (Å²) < 4.78 is 1.99. The molecule has 0 aromatic carbocycles. The molecule has 0 fully saturated rings. The zero-order valence-corrected chi connectivity index (χ0v) is 8.91. The predicted octanol–water partition coefficient (Wildman–Crippen LogP) is 1.87. The molecule has 3 nitrogen and oxygen atoms in total. The monoisotopic (exact) mass is 181 g/mol. The normalized spacial score (nSPS) is 13.7. The van der Waals surface area contributed by atoms with E-state index in [1.807, 2.05) is 11.6 Å². The Morgan fingerprint density at radius 3 is 2.62 bits per heavy atom. The van der Waals surface area contributed by atoms with Crippen molar-refractivity contribution in [3.05, 3.63) is 17.5 Å². The fraction of sp³-hybridized carbons (Fsp3) is 0.700. The Labute approximate surface area is 79.9 Å². The maximum atomic E-state index is 6.07. The number of nitrogens with zero attached hydrogens (tertiary/aromatic N) is 2. The first-order valence-electron chi connectivity index (χ1n) is 4.86. The standard InChI is InChI=1S/C10H19N3/c1-5-13-9(6-8(4)12-13)10(11)7(2)3/h6-7,10H,5,11H2,1-4H3. The topological polar surface area (TPSA) is 43.8 Å². The van der Waals surface area contributed by atoms with E-state index in [-0.39, 0.29) is 6.04 Å². The van der Waals surface area contributed by atoms with Crippen molar-refractivity contribution in [1.82, 2.24) is 9.78 Å². The van der Waals surface area contributed by atoms with Crippen LogP contribution in [0.1, 0.15) is 38.2 Å². The lowest BCUT2D eigenvalue weighted by Crippen LogP contribution is -2.20. The minimum absolute atomic E-state index is 0.0983. The molecule has 2 N–H and O–H groups in total. The Morgan fingerprint density at radius 1 is 1.54 bits per heavy atom. The van der Waals surface area contributed by atoms with Gasteiger partial charge in [-0.2, -0.15) is 5.10 Å². The molecule has 0 aliphatic rings. The van der Waals surface area contributed by atoms with E-state index >= 15 is 0 Å². The summed E-state index contributed by atoms with van der Waals surface area (Å²) in [5, 5.41) is 4.37. The molecule has 0 aliphatic carbocycles. The van der Waals surface area contributed by atoms with E-state index in [1.165, 1.54) is 0 Å². The Morgan fingerprint density at radius 2 is 2.15 bits per heavy atom. The zero-order valence-electron chi connectivity index (χ0n) is 8.91. The van der Waals surface area contributed by atoms with Crippen molar-refractivity contribution in [2.24, 2.45) is 11.7 Å². The van der Waals surface area contributed by atoms with Gasteiger partial charge in [0.1, 0.15) is 0 Å². The van der Waals surface area contributed by atoms with Gasteiger partial charge in [-0.1, -0.05) is 13.8 Å². The summed E-state index contributed by atoms with van der Waals surface area (Å²) in [7, 11) is 0. The molecule has 0 bridgehead atoms. The number of aryl methyl sites for hydroxylation is 2. The highest BCUT2D eigenvalue weighted by Gasteiger charge is 2.15. The van der Waals surface area contributed by atoms with Crippen molar-refractivity contribution in [3.8, 4) is 0 Å². The van der Waals surface area contributed by atoms with Crippen molar-refractivity contribution in [2.45, 2.75) is 40.3 Å². The molecule has 74 valence electrons. The number of hydrogen-bond donors (Lipinski definition) is 1. The van der Waals surface area contributed by atoms with Gasteiger partial charge < -0.3 is 5.73 Å². The third-order valence-corrected chi connectivity index (χ3v) is 2.29. The van der Waals surface area contributed by atoms with Gasteiger partial charge >= 0.3 is 0 Å². The maximum absolute atomic E-state index is 6.07. The van der Waals surface area contributed by atoms with Gasteiger partial charge in [-0.25, -0.2) is 0 Å². The molecule has 0 saturated carbocycles. The highest BCUT2D eigenvalue weighted by Crippen LogP contribution is 2.19. The lowest BCUT2D eigenvalue weighted by Gasteiger charge is -2.16. The molecule has 0 radical (unpaired) electrons. The Bertz CT molecular complexity index is 276. The minimum Gasteiger partial charge on any atom is -0.322 e. The Balaban J connectivity index is 2.98. The average molecular weight is 181 g/mol. The van der Waals surface area contributed by atoms with Gasteiger partial charge in [0.25, 0.3) is 0 Å². The van der Waals surface area contributed by atoms with Crippen LogP contribution < -0.4 is 5.73 Å². The SMILES string of the molecule is CCn1nc(C)cc1C(N)C(C)C. The van der Waals surface area contributed by atoms with E-state index in [2.05, 4.69) is 31.9 Å². The average Bonchev–Trinajstić information content (AvgIpc) is 2.45. The molecule has 0 aliphatic heterocycles. The summed E-state index contributed by atoms with van der Waals surface area (Å²) in [6.07, 6.45) is 0. The third kappa shape index (κ3) is 2.10. The maximum Gasteiger partial charge on any atom is 0.0597 e. The van der Waals surface area contributed by atoms with Gasteiger partial charge in [0.2, 0.25) is 0 Å². The molecule has 1 aromatic rings. The van der Waals surface area contributed by atoms with Gasteiger partial charge in [-0.15, -0.1) is 0 Å². The molecular formula is C10H19N3. The smallest absolute Gasteiger partial charge is 0.0597 e. The fourth-order valence-corrected chi connectivity index (χ4v) is 1.43. The van der Waals surface area contributed by atoms with Crippen molar-refractivity contribution in [1.29, 1.82) is 0 Å². The number of aromatic nitrogens is 2. The summed E-state index contributed by atoms with van der Waals surface area (Å²) in [4.78, 5) is 0. The number of hydrogen-bond acceptors (Lipinski definition) is 2. The molecule has 1 unspecified atom stereocenters. The van der Waals surface area contributed by atoms with E-state index in [9.17, 15) is 0 Å². The molecule has 1 rings (SSSR count). The molecule has 0 spiro atoms. The molecule has 0 saturated heterocycles. The minimum atomic E-state index is 0.0983. The van der Waals surface area contributed by atoms with E-state index in [0.29, 0.717) is 5.92 Å². The van der Waals surface area contributed by atoms with Crippen LogP contribution in [0.15, 0.2) is 6.07 Å². The summed E-state index contributed by atoms with van der Waals surface area (Å²) in [6.45, 7) is 9.25. The lowest BCUT2D eigenvalue weighted by atomic mass is 10.0. The summed E-state index contributed by atoms with van der Waals surface area (Å²) in [5.41, 5.74) is 8.26. The van der Waals surface area contributed by atoms with E-state index in [1.54, 1.807) is 0 Å². The first-order valence-corrected chi connectivity index (χ1v) is 4.86. The number of nitrogens with two attached hydrogens (primary N) is 1. The largest absolute Gasteiger partial charge is 0.322 e. The van der Waals surface area contributed by atoms with Crippen molar-refractivity contribution >= 4 is 0 Å². The van der Waals surface area contributed by atoms with Crippen LogP contribution in [0.2, 0.25) is 0 Å². The van der Waals surface area contributed by atoms with E-state index in [4.69, 9.17) is 5.73 Å². The third-order valence-electron chi connectivity index (χ3n) is 2.29. The van der Waals surface area contributed by atoms with Crippen molar-refractivity contribution in [2.75, 3.05) is 0 Å². The lowest BCUT2D eigenvalue weighted by molar-refractivity contribution is 0.467. The second-order valence-corrected chi connectivity index (χ2v) is 3.80. The molecular weight excluding hydrogens is 162 g/mol. The highest BCUT2D eigenvalue weighted by atomic mass is 15.3. The van der Waals surface area contributed by atoms with Crippen LogP contribution in [0.5, 0.6) is 0 Å². The van der Waals surface area contributed by atoms with Crippen LogP contribution in [0.4, 0.5) is 0 Å².